The first-order valence-corrected chi connectivity index (χ1v) is 13.9. The molecule has 0 unspecified atom stereocenters. The van der Waals surface area contributed by atoms with Gasteiger partial charge in [-0.3, -0.25) is 0 Å². The number of hydrogen-bond donors (Lipinski definition) is 0. The summed E-state index contributed by atoms with van der Waals surface area (Å²) in [6.07, 6.45) is 4.39. The summed E-state index contributed by atoms with van der Waals surface area (Å²) in [5.74, 6) is 0.511. The quantitative estimate of drug-likeness (QED) is 0.165. The van der Waals surface area contributed by atoms with E-state index < -0.39 is 6.85 Å². The van der Waals surface area contributed by atoms with Crippen LogP contribution in [0, 0.1) is 19.0 Å². The summed E-state index contributed by atoms with van der Waals surface area (Å²) in [7, 11) is 0. The van der Waals surface area contributed by atoms with Crippen molar-refractivity contribution in [3.63, 3.8) is 0 Å². The summed E-state index contributed by atoms with van der Waals surface area (Å²) in [5, 5.41) is 1.63. The van der Waals surface area contributed by atoms with E-state index in [-0.39, 0.29) is 25.8 Å². The van der Waals surface area contributed by atoms with Crippen molar-refractivity contribution in [1.82, 2.24) is 15.0 Å². The molecule has 4 aromatic heterocycles. The van der Waals surface area contributed by atoms with Crippen molar-refractivity contribution in [1.29, 1.82) is 0 Å². The van der Waals surface area contributed by atoms with Crippen molar-refractivity contribution >= 4 is 22.1 Å². The van der Waals surface area contributed by atoms with Crippen molar-refractivity contribution < 1.29 is 28.6 Å². The van der Waals surface area contributed by atoms with Crippen LogP contribution in [0.1, 0.15) is 46.3 Å². The first kappa shape index (κ1) is 26.2. The molecule has 0 aliphatic carbocycles. The first-order chi connectivity index (χ1) is 21.8. The third-order valence-corrected chi connectivity index (χ3v) is 7.08. The summed E-state index contributed by atoms with van der Waals surface area (Å²) < 4.78 is 28.9. The van der Waals surface area contributed by atoms with E-state index >= 15 is 0 Å². The molecule has 0 atom stereocenters. The molecule has 4 heterocycles. The smallest absolute Gasteiger partial charge is 0.216 e. The zero-order valence-corrected chi connectivity index (χ0v) is 26.2. The molecule has 43 heavy (non-hydrogen) atoms. The molecule has 1 radical (unpaired) electrons. The second-order valence-corrected chi connectivity index (χ2v) is 10.4. The van der Waals surface area contributed by atoms with Crippen LogP contribution in [0.25, 0.3) is 44.6 Å². The number of fused-ring (bicyclic) bond motifs is 3. The fourth-order valence-corrected chi connectivity index (χ4v) is 4.86. The zero-order chi connectivity index (χ0) is 31.4. The van der Waals surface area contributed by atoms with E-state index in [2.05, 4.69) is 71.3 Å². The fourth-order valence-electron chi connectivity index (χ4n) is 4.86. The van der Waals surface area contributed by atoms with Crippen LogP contribution in [0.3, 0.4) is 0 Å². The Kier molecular flexibility index (Phi) is 8.34. The molecule has 215 valence electrons. The molecule has 0 saturated heterocycles. The molecule has 5 heteroatoms. The number of benzene rings is 3. The van der Waals surface area contributed by atoms with E-state index in [9.17, 15) is 0 Å². The number of aromatic nitrogens is 3. The predicted octanol–water partition coefficient (Wildman–Crippen LogP) is 9.41. The third kappa shape index (κ3) is 6.97. The Balaban J connectivity index is 0.000000269. The van der Waals surface area contributed by atoms with Gasteiger partial charge in [0.25, 0.3) is 0 Å². The Morgan fingerprint density at radius 1 is 0.767 bits per heavy atom. The van der Waals surface area contributed by atoms with Gasteiger partial charge in [0.2, 0.25) is 5.71 Å². The standard InChI is InChI=1S/C27H23N2O.C11H8N.Ir/c1-17(2)21-10-8-19(9-11-21)15-20-13-14-28-25(16-20)24-6-4-5-22-23-12-7-18(3)29-27(23)30-26(22)24;1-2-6-10(7-3-1)11-8-4-5-9-12-11;/h4-5,7-14,16-17H,15H2,1-3H3;1-6,8-9H;/q2*-1;/i3D3;;. The van der Waals surface area contributed by atoms with Crippen LogP contribution in [-0.4, -0.2) is 15.0 Å². The maximum atomic E-state index is 7.62. The van der Waals surface area contributed by atoms with Gasteiger partial charge in [-0.1, -0.05) is 67.3 Å². The molecule has 0 fully saturated rings. The van der Waals surface area contributed by atoms with Crippen LogP contribution >= 0.6 is 0 Å². The van der Waals surface area contributed by atoms with E-state index in [1.54, 1.807) is 18.5 Å². The maximum Gasteiger partial charge on any atom is 0.216 e. The second-order valence-electron chi connectivity index (χ2n) is 10.4. The van der Waals surface area contributed by atoms with Gasteiger partial charge in [0.1, 0.15) is 0 Å². The van der Waals surface area contributed by atoms with E-state index in [0.29, 0.717) is 17.2 Å². The molecule has 0 amide bonds. The minimum Gasteiger partial charge on any atom is -0.486 e. The number of aryl methyl sites for hydroxylation is 1. The van der Waals surface area contributed by atoms with Crippen molar-refractivity contribution in [3.8, 4) is 22.5 Å². The van der Waals surface area contributed by atoms with Crippen molar-refractivity contribution in [2.24, 2.45) is 0 Å². The third-order valence-electron chi connectivity index (χ3n) is 7.08. The first-order valence-electron chi connectivity index (χ1n) is 15.4. The van der Waals surface area contributed by atoms with Crippen LogP contribution in [0.4, 0.5) is 0 Å². The molecule has 0 N–H and O–H groups in total. The molecule has 0 saturated carbocycles. The van der Waals surface area contributed by atoms with Gasteiger partial charge in [0, 0.05) is 47.7 Å². The SMILES string of the molecule is [2H]C([2H])([2H])c1ccc2c(n1)oc1c(-c3cc(Cc4ccc(C(C)C)cc4)ccn3)[c-]ccc12.[Ir].[c-]1ccccc1-c1ccccn1. The van der Waals surface area contributed by atoms with Crippen LogP contribution in [0.5, 0.6) is 0 Å². The number of rotatable bonds is 5. The van der Waals surface area contributed by atoms with E-state index in [0.717, 1.165) is 45.3 Å². The molecule has 7 aromatic rings. The number of nitrogens with zero attached hydrogens (tertiary/aromatic N) is 3. The number of hydrogen-bond acceptors (Lipinski definition) is 4. The molecular weight excluding hydrogens is 707 g/mol. The van der Waals surface area contributed by atoms with Crippen molar-refractivity contribution in [3.05, 3.63) is 150 Å². The molecule has 0 spiro atoms. The van der Waals surface area contributed by atoms with Gasteiger partial charge >= 0.3 is 0 Å². The summed E-state index contributed by atoms with van der Waals surface area (Å²) in [4.78, 5) is 13.0. The van der Waals surface area contributed by atoms with Gasteiger partial charge in [0.15, 0.2) is 0 Å². The van der Waals surface area contributed by atoms with Gasteiger partial charge in [-0.15, -0.1) is 54.1 Å². The summed E-state index contributed by atoms with van der Waals surface area (Å²) >= 11 is 0. The topological polar surface area (TPSA) is 51.8 Å². The Morgan fingerprint density at radius 2 is 1.60 bits per heavy atom. The van der Waals surface area contributed by atoms with Crippen LogP contribution in [0.15, 0.2) is 120 Å². The van der Waals surface area contributed by atoms with Crippen molar-refractivity contribution in [2.45, 2.75) is 33.0 Å². The largest absolute Gasteiger partial charge is 0.486 e. The van der Waals surface area contributed by atoms with Crippen LogP contribution in [0.2, 0.25) is 0 Å². The molecule has 3 aromatic carbocycles. The van der Waals surface area contributed by atoms with Crippen molar-refractivity contribution in [2.75, 3.05) is 0 Å². The fraction of sp³-hybridized carbons (Fsp3) is 0.132. The monoisotopic (exact) mass is 741 g/mol. The molecular formula is C38H31IrN3O-2. The van der Waals surface area contributed by atoms with Gasteiger partial charge in [-0.2, -0.15) is 0 Å². The van der Waals surface area contributed by atoms with Gasteiger partial charge in [-0.05, 0) is 71.5 Å². The Morgan fingerprint density at radius 3 is 2.35 bits per heavy atom. The summed E-state index contributed by atoms with van der Waals surface area (Å²) in [6, 6.07) is 39.9. The average molecular weight is 741 g/mol. The summed E-state index contributed by atoms with van der Waals surface area (Å²) in [5.41, 5.74) is 8.14. The van der Waals surface area contributed by atoms with E-state index in [4.69, 9.17) is 8.53 Å². The van der Waals surface area contributed by atoms with Gasteiger partial charge in [0.05, 0.1) is 5.58 Å². The van der Waals surface area contributed by atoms with Crippen LogP contribution in [-0.2, 0) is 26.5 Å². The normalized spacial score (nSPS) is 12.1. The van der Waals surface area contributed by atoms with Crippen LogP contribution < -0.4 is 0 Å². The molecule has 0 aliphatic rings. The Labute approximate surface area is 270 Å². The number of pyridine rings is 3. The molecule has 7 rings (SSSR count). The van der Waals surface area contributed by atoms with Gasteiger partial charge < -0.3 is 14.4 Å². The average Bonchev–Trinajstić information content (AvgIpc) is 3.44. The van der Waals surface area contributed by atoms with E-state index in [1.807, 2.05) is 60.7 Å². The minimum atomic E-state index is -2.29. The zero-order valence-electron chi connectivity index (χ0n) is 26.8. The minimum absolute atomic E-state index is 0. The molecule has 0 aliphatic heterocycles. The Bertz CT molecular complexity index is 2010. The maximum absolute atomic E-state index is 7.62. The molecule has 4 nitrogen and oxygen atoms in total. The molecule has 0 bridgehead atoms. The summed E-state index contributed by atoms with van der Waals surface area (Å²) in [6.45, 7) is 2.10. The van der Waals surface area contributed by atoms with Gasteiger partial charge in [-0.25, -0.2) is 4.98 Å². The van der Waals surface area contributed by atoms with E-state index in [1.165, 1.54) is 17.2 Å². The number of furan rings is 1. The second kappa shape index (κ2) is 13.7. The Hall–Kier alpha value is -4.44. The predicted molar refractivity (Wildman–Crippen MR) is 170 cm³/mol.